The number of benzene rings is 1. The van der Waals surface area contributed by atoms with Crippen molar-refractivity contribution in [3.05, 3.63) is 35.4 Å². The second-order valence-corrected chi connectivity index (χ2v) is 9.09. The fourth-order valence-corrected chi connectivity index (χ4v) is 4.09. The second-order valence-electron chi connectivity index (χ2n) is 9.09. The quantitative estimate of drug-likeness (QED) is 0.841. The van der Waals surface area contributed by atoms with Gasteiger partial charge in [-0.15, -0.1) is 0 Å². The lowest BCUT2D eigenvalue weighted by Crippen LogP contribution is -2.48. The van der Waals surface area contributed by atoms with Gasteiger partial charge in [-0.2, -0.15) is 0 Å². The first kappa shape index (κ1) is 19.2. The third-order valence-corrected chi connectivity index (χ3v) is 5.50. The number of hydrogen-bond donors (Lipinski definition) is 1. The van der Waals surface area contributed by atoms with Crippen molar-refractivity contribution in [3.8, 4) is 0 Å². The summed E-state index contributed by atoms with van der Waals surface area (Å²) >= 11 is 0. The normalized spacial score (nSPS) is 23.5. The number of nitrogens with zero attached hydrogens (tertiary/aromatic N) is 1. The van der Waals surface area contributed by atoms with Gasteiger partial charge >= 0.3 is 6.03 Å². The van der Waals surface area contributed by atoms with Crippen molar-refractivity contribution in [1.82, 2.24) is 10.2 Å². The highest BCUT2D eigenvalue weighted by Crippen LogP contribution is 2.34. The molecule has 2 atom stereocenters. The fraction of sp³-hybridized carbons (Fsp3) is 0.682. The van der Waals surface area contributed by atoms with Crippen LogP contribution in [0.2, 0.25) is 0 Å². The molecule has 2 unspecified atom stereocenters. The van der Waals surface area contributed by atoms with Crippen LogP contribution in [0.5, 0.6) is 0 Å². The number of amides is 2. The number of ether oxygens (including phenoxy) is 1. The minimum atomic E-state index is 0.0761. The van der Waals surface area contributed by atoms with Crippen molar-refractivity contribution in [3.63, 3.8) is 0 Å². The third-order valence-electron chi connectivity index (χ3n) is 5.50. The minimum absolute atomic E-state index is 0.0761. The van der Waals surface area contributed by atoms with Gasteiger partial charge in [0.1, 0.15) is 0 Å². The number of hydrogen-bond acceptors (Lipinski definition) is 2. The summed E-state index contributed by atoms with van der Waals surface area (Å²) in [6.45, 7) is 11.0. The van der Waals surface area contributed by atoms with Gasteiger partial charge in [0.05, 0.1) is 6.10 Å². The summed E-state index contributed by atoms with van der Waals surface area (Å²) in [7, 11) is 0. The molecule has 26 heavy (non-hydrogen) atoms. The Labute approximate surface area is 158 Å². The fourth-order valence-electron chi connectivity index (χ4n) is 4.09. The zero-order valence-electron chi connectivity index (χ0n) is 16.8. The van der Waals surface area contributed by atoms with Crippen LogP contribution in [0.4, 0.5) is 4.79 Å². The number of carbonyl (C=O) groups excluding carboxylic acids is 1. The molecular formula is C22H34N2O2. The first-order valence-electron chi connectivity index (χ1n) is 10.1. The number of urea groups is 1. The summed E-state index contributed by atoms with van der Waals surface area (Å²) in [5.74, 6) is 0.396. The van der Waals surface area contributed by atoms with Gasteiger partial charge in [-0.1, -0.05) is 50.6 Å². The molecule has 1 N–H and O–H groups in total. The molecule has 2 amide bonds. The van der Waals surface area contributed by atoms with Crippen LogP contribution in [0.1, 0.15) is 57.6 Å². The molecule has 144 valence electrons. The number of rotatable bonds is 5. The van der Waals surface area contributed by atoms with Crippen molar-refractivity contribution in [1.29, 1.82) is 0 Å². The molecule has 2 aliphatic rings. The maximum Gasteiger partial charge on any atom is 0.317 e. The lowest BCUT2D eigenvalue weighted by Gasteiger charge is -2.40. The van der Waals surface area contributed by atoms with E-state index in [1.54, 1.807) is 0 Å². The topological polar surface area (TPSA) is 41.6 Å². The smallest absolute Gasteiger partial charge is 0.317 e. The van der Waals surface area contributed by atoms with E-state index in [2.05, 4.69) is 57.3 Å². The van der Waals surface area contributed by atoms with E-state index in [9.17, 15) is 4.79 Å². The average molecular weight is 359 g/mol. The van der Waals surface area contributed by atoms with Gasteiger partial charge in [-0.3, -0.25) is 0 Å². The van der Waals surface area contributed by atoms with Gasteiger partial charge in [0.25, 0.3) is 0 Å². The summed E-state index contributed by atoms with van der Waals surface area (Å²) in [5.41, 5.74) is 2.56. The van der Waals surface area contributed by atoms with Gasteiger partial charge in [0.15, 0.2) is 0 Å². The Kier molecular flexibility index (Phi) is 5.91. The molecule has 2 fully saturated rings. The zero-order valence-corrected chi connectivity index (χ0v) is 16.8. The highest BCUT2D eigenvalue weighted by Gasteiger charge is 2.37. The Bertz CT molecular complexity index is 619. The molecule has 4 heteroatoms. The molecule has 0 radical (unpaired) electrons. The molecule has 1 saturated carbocycles. The van der Waals surface area contributed by atoms with Crippen molar-refractivity contribution in [2.75, 3.05) is 13.2 Å². The Morgan fingerprint density at radius 3 is 2.69 bits per heavy atom. The predicted octanol–water partition coefficient (Wildman–Crippen LogP) is 4.51. The number of carbonyl (C=O) groups is 1. The minimum Gasteiger partial charge on any atom is -0.377 e. The number of aryl methyl sites for hydroxylation is 1. The Balaban J connectivity index is 1.59. The molecule has 1 aromatic rings. The Morgan fingerprint density at radius 2 is 2.04 bits per heavy atom. The largest absolute Gasteiger partial charge is 0.377 e. The van der Waals surface area contributed by atoms with E-state index in [4.69, 9.17) is 4.74 Å². The van der Waals surface area contributed by atoms with E-state index in [1.807, 2.05) is 4.90 Å². The predicted molar refractivity (Wildman–Crippen MR) is 105 cm³/mol. The first-order chi connectivity index (χ1) is 12.3. The van der Waals surface area contributed by atoms with Crippen LogP contribution in [0, 0.1) is 18.3 Å². The van der Waals surface area contributed by atoms with Crippen LogP contribution in [0.15, 0.2) is 24.3 Å². The van der Waals surface area contributed by atoms with Crippen LogP contribution in [-0.2, 0) is 11.3 Å². The molecule has 4 nitrogen and oxygen atoms in total. The third kappa shape index (κ3) is 5.00. The molecule has 0 bridgehead atoms. The molecule has 1 heterocycles. The molecular weight excluding hydrogens is 324 g/mol. The second kappa shape index (κ2) is 7.99. The van der Waals surface area contributed by atoms with Crippen molar-refractivity contribution < 1.29 is 9.53 Å². The Hall–Kier alpha value is -1.55. The van der Waals surface area contributed by atoms with Gasteiger partial charge in [0, 0.05) is 31.7 Å². The standard InChI is InChI=1S/C22H34N2O2/c1-16-7-5-8-17(13-16)15-24(19-10-11-19)21(25)23-14-18-9-6-12-26-20(18)22(2,3)4/h5,7-8,13,18-20H,6,9-12,14-15H2,1-4H3,(H,23,25). The summed E-state index contributed by atoms with van der Waals surface area (Å²) in [6, 6.07) is 8.93. The van der Waals surface area contributed by atoms with E-state index < -0.39 is 0 Å². The molecule has 1 aliphatic heterocycles. The van der Waals surface area contributed by atoms with Crippen LogP contribution in [-0.4, -0.2) is 36.2 Å². The highest BCUT2D eigenvalue weighted by molar-refractivity contribution is 5.75. The SMILES string of the molecule is Cc1cccc(CN(C(=O)NCC2CCCOC2C(C)(C)C)C2CC2)c1. The molecule has 1 aliphatic carbocycles. The lowest BCUT2D eigenvalue weighted by atomic mass is 9.78. The molecule has 1 aromatic carbocycles. The van der Waals surface area contributed by atoms with Crippen LogP contribution < -0.4 is 5.32 Å². The molecule has 1 saturated heterocycles. The Morgan fingerprint density at radius 1 is 1.27 bits per heavy atom. The average Bonchev–Trinajstić information content (AvgIpc) is 3.42. The van der Waals surface area contributed by atoms with Gasteiger partial charge < -0.3 is 15.0 Å². The summed E-state index contributed by atoms with van der Waals surface area (Å²) < 4.78 is 6.05. The van der Waals surface area contributed by atoms with Crippen molar-refractivity contribution >= 4 is 6.03 Å². The summed E-state index contributed by atoms with van der Waals surface area (Å²) in [4.78, 5) is 14.9. The maximum absolute atomic E-state index is 12.9. The van der Waals surface area contributed by atoms with Crippen LogP contribution in [0.25, 0.3) is 0 Å². The molecule has 3 rings (SSSR count). The lowest BCUT2D eigenvalue weighted by molar-refractivity contribution is -0.0839. The first-order valence-corrected chi connectivity index (χ1v) is 10.1. The molecule has 0 aromatic heterocycles. The van der Waals surface area contributed by atoms with E-state index in [1.165, 1.54) is 11.1 Å². The summed E-state index contributed by atoms with van der Waals surface area (Å²) in [6.07, 6.45) is 4.67. The van der Waals surface area contributed by atoms with Gasteiger partial charge in [-0.25, -0.2) is 4.79 Å². The van der Waals surface area contributed by atoms with Crippen molar-refractivity contribution in [2.45, 2.75) is 72.1 Å². The zero-order chi connectivity index (χ0) is 18.7. The maximum atomic E-state index is 12.9. The van der Waals surface area contributed by atoms with Crippen molar-refractivity contribution in [2.24, 2.45) is 11.3 Å². The van der Waals surface area contributed by atoms with E-state index in [0.717, 1.165) is 32.3 Å². The summed E-state index contributed by atoms with van der Waals surface area (Å²) in [5, 5.41) is 3.22. The van der Waals surface area contributed by atoms with Gasteiger partial charge in [-0.05, 0) is 43.6 Å². The molecule has 0 spiro atoms. The van der Waals surface area contributed by atoms with E-state index in [-0.39, 0.29) is 17.6 Å². The monoisotopic (exact) mass is 358 g/mol. The van der Waals surface area contributed by atoms with E-state index in [0.29, 0.717) is 25.0 Å². The van der Waals surface area contributed by atoms with Crippen LogP contribution >= 0.6 is 0 Å². The van der Waals surface area contributed by atoms with Gasteiger partial charge in [0.2, 0.25) is 0 Å². The highest BCUT2D eigenvalue weighted by atomic mass is 16.5. The van der Waals surface area contributed by atoms with E-state index >= 15 is 0 Å². The van der Waals surface area contributed by atoms with Crippen LogP contribution in [0.3, 0.4) is 0 Å². The number of nitrogens with one attached hydrogen (secondary N) is 1.